The van der Waals surface area contributed by atoms with Crippen LogP contribution in [-0.4, -0.2) is 61.7 Å². The molecular weight excluding hydrogens is 605 g/mol. The Morgan fingerprint density at radius 1 is 1.13 bits per heavy atom. The number of aromatic nitrogens is 6. The van der Waals surface area contributed by atoms with Crippen LogP contribution in [0.3, 0.4) is 0 Å². The fourth-order valence-electron chi connectivity index (χ4n) is 5.77. The first-order valence-corrected chi connectivity index (χ1v) is 15.3. The second-order valence-corrected chi connectivity index (χ2v) is 13.0. The first-order chi connectivity index (χ1) is 18.3. The normalized spacial score (nSPS) is 22.5. The molecular formula is C27H26F2IN6O2-. The average Bonchev–Trinajstić information content (AvgIpc) is 3.37. The summed E-state index contributed by atoms with van der Waals surface area (Å²) in [7, 11) is 0. The molecule has 1 aliphatic heterocycles. The van der Waals surface area contributed by atoms with Crippen LogP contribution in [0.5, 0.6) is 0 Å². The van der Waals surface area contributed by atoms with Gasteiger partial charge in [-0.2, -0.15) is 0 Å². The van der Waals surface area contributed by atoms with Crippen LogP contribution in [0.1, 0.15) is 36.7 Å². The van der Waals surface area contributed by atoms with E-state index in [9.17, 15) is 13.9 Å². The van der Waals surface area contributed by atoms with E-state index in [1.54, 1.807) is 23.1 Å². The van der Waals surface area contributed by atoms with Gasteiger partial charge in [0.1, 0.15) is 0 Å². The Morgan fingerprint density at radius 2 is 1.92 bits per heavy atom. The molecule has 3 atom stereocenters. The minimum absolute atomic E-state index is 0.156. The van der Waals surface area contributed by atoms with Gasteiger partial charge in [-0.3, -0.25) is 0 Å². The van der Waals surface area contributed by atoms with Gasteiger partial charge in [-0.05, 0) is 0 Å². The summed E-state index contributed by atoms with van der Waals surface area (Å²) in [5.74, 6) is -0.696. The van der Waals surface area contributed by atoms with Crippen LogP contribution >= 0.6 is 0 Å². The Hall–Kier alpha value is -2.90. The molecule has 11 heteroatoms. The minimum atomic E-state index is -0.908. The van der Waals surface area contributed by atoms with Crippen molar-refractivity contribution in [2.75, 3.05) is 15.5 Å². The fourth-order valence-corrected chi connectivity index (χ4v) is 10.8. The van der Waals surface area contributed by atoms with Crippen molar-refractivity contribution in [3.63, 3.8) is 0 Å². The van der Waals surface area contributed by atoms with E-state index in [-0.39, 0.29) is 56.9 Å². The number of aliphatic hydroxyl groups is 2. The summed E-state index contributed by atoms with van der Waals surface area (Å²) in [6.07, 6.45) is 2.53. The molecule has 2 aliphatic rings. The van der Waals surface area contributed by atoms with E-state index in [1.165, 1.54) is 18.2 Å². The van der Waals surface area contributed by atoms with E-state index in [1.807, 2.05) is 12.1 Å². The van der Waals surface area contributed by atoms with E-state index < -0.39 is 23.2 Å². The van der Waals surface area contributed by atoms with Gasteiger partial charge < -0.3 is 0 Å². The van der Waals surface area contributed by atoms with Crippen LogP contribution in [0.25, 0.3) is 22.8 Å². The predicted molar refractivity (Wildman–Crippen MR) is 131 cm³/mol. The second kappa shape index (κ2) is 9.38. The molecule has 1 fully saturated rings. The topological polar surface area (TPSA) is 110 Å². The van der Waals surface area contributed by atoms with E-state index in [0.29, 0.717) is 11.5 Å². The number of hydrogen-bond donors (Lipinski definition) is 2. The third kappa shape index (κ3) is 3.77. The van der Waals surface area contributed by atoms with Crippen molar-refractivity contribution in [3.05, 3.63) is 77.4 Å². The summed E-state index contributed by atoms with van der Waals surface area (Å²) >= 11 is -0.185. The number of rotatable bonds is 6. The molecule has 2 N–H and O–H groups in total. The molecule has 0 spiro atoms. The van der Waals surface area contributed by atoms with Gasteiger partial charge in [-0.25, -0.2) is 0 Å². The summed E-state index contributed by atoms with van der Waals surface area (Å²) < 4.78 is 32.7. The van der Waals surface area contributed by atoms with Crippen molar-refractivity contribution in [3.8, 4) is 22.8 Å². The second-order valence-electron chi connectivity index (χ2n) is 10.3. The Morgan fingerprint density at radius 3 is 2.68 bits per heavy atom. The van der Waals surface area contributed by atoms with E-state index in [2.05, 4.69) is 34.1 Å². The molecule has 1 aliphatic carbocycles. The van der Waals surface area contributed by atoms with Crippen molar-refractivity contribution in [2.24, 2.45) is 5.41 Å². The number of alkyl halides is 2. The number of nitrogens with zero attached hydrogens (tertiary/aromatic N) is 6. The maximum absolute atomic E-state index is 14.6. The van der Waals surface area contributed by atoms with Crippen LogP contribution in [-0.2, 0) is 12.0 Å². The summed E-state index contributed by atoms with van der Waals surface area (Å²) in [5.41, 5.74) is 2.49. The average molecular weight is 631 g/mol. The van der Waals surface area contributed by atoms with Gasteiger partial charge in [-0.15, -0.1) is 0 Å². The van der Waals surface area contributed by atoms with Gasteiger partial charge in [0, 0.05) is 0 Å². The molecule has 38 heavy (non-hydrogen) atoms. The number of benzene rings is 1. The van der Waals surface area contributed by atoms with Gasteiger partial charge in [0.25, 0.3) is 0 Å². The molecule has 8 nitrogen and oxygen atoms in total. The van der Waals surface area contributed by atoms with Crippen LogP contribution in [0.4, 0.5) is 8.78 Å². The van der Waals surface area contributed by atoms with E-state index in [4.69, 9.17) is 10.1 Å². The number of halogens is 3. The van der Waals surface area contributed by atoms with Crippen molar-refractivity contribution in [1.82, 2.24) is 29.9 Å². The Bertz CT molecular complexity index is 1510. The molecule has 0 saturated carbocycles. The van der Waals surface area contributed by atoms with Crippen LogP contribution in [0, 0.1) is 17.0 Å². The van der Waals surface area contributed by atoms with E-state index >= 15 is 0 Å². The summed E-state index contributed by atoms with van der Waals surface area (Å²) in [5, 5.41) is 32.4. The Kier molecular flexibility index (Phi) is 6.27. The number of aliphatic hydroxyl groups excluding tert-OH is 2. The zero-order valence-corrected chi connectivity index (χ0v) is 23.0. The molecule has 3 aromatic heterocycles. The molecule has 0 unspecified atom stereocenters. The van der Waals surface area contributed by atoms with Gasteiger partial charge in [0.15, 0.2) is 0 Å². The molecule has 4 heterocycles. The predicted octanol–water partition coefficient (Wildman–Crippen LogP) is -0.0594. The zero-order valence-electron chi connectivity index (χ0n) is 20.8. The zero-order chi connectivity index (χ0) is 26.7. The molecule has 0 radical (unpaired) electrons. The molecule has 1 saturated heterocycles. The molecule has 2 bridgehead atoms. The standard InChI is InChI=1S/C27H26F2IN6O2/c1-26(2)17-11-30-14-27(26,24-16(17)10-21(33-34-24)23-18(28)4-3-5-19(23)29)22-6-8-31-25(32-22)20-7-9-36(35-20)12-15(38)13-37/h3-10,15,17,37-38H,11-14H2,1-2H3/q-1/t15-,17+,27+/m1/s1. The summed E-state index contributed by atoms with van der Waals surface area (Å²) in [6.45, 7) is 4.25. The van der Waals surface area contributed by atoms with Gasteiger partial charge in [0.2, 0.25) is 0 Å². The third-order valence-electron chi connectivity index (χ3n) is 7.92. The molecule has 198 valence electrons. The molecule has 4 aromatic rings. The first-order valence-electron chi connectivity index (χ1n) is 12.3. The van der Waals surface area contributed by atoms with Crippen LogP contribution in [0.2, 0.25) is 0 Å². The van der Waals surface area contributed by atoms with Crippen LogP contribution in [0.15, 0.2) is 48.8 Å². The number of fused-ring (bicyclic) bond motifs is 5. The molecule has 1 aromatic carbocycles. The SMILES string of the molecule is CC1(C)[C@H]2C[I-]C[C@]1(c1ccnc(-c3ccn(C[C@@H](O)CO)n3)n1)c1nnc(-c3c(F)cccc3F)cc12. The fraction of sp³-hybridized carbons (Fsp3) is 0.370. The Labute approximate surface area is 228 Å². The van der Waals surface area contributed by atoms with Crippen molar-refractivity contribution >= 4 is 0 Å². The van der Waals surface area contributed by atoms with E-state index in [0.717, 1.165) is 25.8 Å². The molecule has 6 rings (SSSR count). The van der Waals surface area contributed by atoms with Crippen molar-refractivity contribution in [2.45, 2.75) is 37.8 Å². The summed E-state index contributed by atoms with van der Waals surface area (Å²) in [6, 6.07) is 9.33. The Balaban J connectivity index is 1.46. The molecule has 0 amide bonds. The number of hydrogen-bond acceptors (Lipinski definition) is 7. The monoisotopic (exact) mass is 631 g/mol. The van der Waals surface area contributed by atoms with Gasteiger partial charge in [-0.1, -0.05) is 0 Å². The summed E-state index contributed by atoms with van der Waals surface area (Å²) in [4.78, 5) is 9.45. The quantitative estimate of drug-likeness (QED) is 0.227. The maximum atomic E-state index is 14.6. The first kappa shape index (κ1) is 25.4. The van der Waals surface area contributed by atoms with Crippen molar-refractivity contribution in [1.29, 1.82) is 0 Å². The van der Waals surface area contributed by atoms with Crippen LogP contribution < -0.4 is 21.2 Å². The van der Waals surface area contributed by atoms with Gasteiger partial charge in [0.05, 0.1) is 0 Å². The van der Waals surface area contributed by atoms with Gasteiger partial charge >= 0.3 is 229 Å². The van der Waals surface area contributed by atoms with Crippen molar-refractivity contribution < 1.29 is 40.2 Å². The third-order valence-corrected chi connectivity index (χ3v) is 11.1.